The van der Waals surface area contributed by atoms with Gasteiger partial charge in [0.15, 0.2) is 5.82 Å². The van der Waals surface area contributed by atoms with Gasteiger partial charge in [0.05, 0.1) is 12.0 Å². The van der Waals surface area contributed by atoms with Crippen LogP contribution in [0, 0.1) is 13.8 Å². The van der Waals surface area contributed by atoms with Gasteiger partial charge in [0.1, 0.15) is 0 Å². The highest BCUT2D eigenvalue weighted by atomic mass is 35.5. The molecule has 1 N–H and O–H groups in total. The van der Waals surface area contributed by atoms with Crippen LogP contribution in [-0.2, 0) is 17.4 Å². The van der Waals surface area contributed by atoms with Crippen LogP contribution in [0.4, 0.5) is 18.9 Å². The van der Waals surface area contributed by atoms with E-state index in [2.05, 4.69) is 20.4 Å². The first-order chi connectivity index (χ1) is 15.1. The molecule has 0 aliphatic heterocycles. The number of halogens is 4. The van der Waals surface area contributed by atoms with E-state index in [0.29, 0.717) is 33.6 Å². The maximum Gasteiger partial charge on any atom is 0.416 e. The molecule has 0 aliphatic rings. The molecule has 2 aromatic heterocycles. The van der Waals surface area contributed by atoms with Gasteiger partial charge in [-0.2, -0.15) is 18.2 Å². The predicted molar refractivity (Wildman–Crippen MR) is 114 cm³/mol. The van der Waals surface area contributed by atoms with Gasteiger partial charge in [-0.05, 0) is 56.3 Å². The maximum atomic E-state index is 12.9. The zero-order valence-electron chi connectivity index (χ0n) is 17.0. The summed E-state index contributed by atoms with van der Waals surface area (Å²) in [5.41, 5.74) is 1.88. The average molecular weight is 460 g/mol. The number of aryl methyl sites for hydroxylation is 2. The summed E-state index contributed by atoms with van der Waals surface area (Å²) in [4.78, 5) is 21.5. The van der Waals surface area contributed by atoms with E-state index < -0.39 is 17.6 Å². The fourth-order valence-corrected chi connectivity index (χ4v) is 3.45. The summed E-state index contributed by atoms with van der Waals surface area (Å²) >= 11 is 5.93. The van der Waals surface area contributed by atoms with E-state index in [0.717, 1.165) is 17.7 Å². The van der Waals surface area contributed by atoms with Crippen molar-refractivity contribution in [1.82, 2.24) is 19.6 Å². The molecule has 0 fully saturated rings. The quantitative estimate of drug-likeness (QED) is 0.451. The van der Waals surface area contributed by atoms with Crippen molar-refractivity contribution in [2.45, 2.75) is 26.4 Å². The molecule has 0 saturated heterocycles. The van der Waals surface area contributed by atoms with E-state index >= 15 is 0 Å². The highest BCUT2D eigenvalue weighted by Crippen LogP contribution is 2.30. The Labute approximate surface area is 186 Å². The lowest BCUT2D eigenvalue weighted by Crippen LogP contribution is -2.18. The molecule has 164 valence electrons. The monoisotopic (exact) mass is 459 g/mol. The summed E-state index contributed by atoms with van der Waals surface area (Å²) in [6, 6.07) is 11.6. The van der Waals surface area contributed by atoms with Crippen LogP contribution in [0.2, 0.25) is 5.02 Å². The van der Waals surface area contributed by atoms with Gasteiger partial charge >= 0.3 is 6.18 Å². The van der Waals surface area contributed by atoms with Crippen LogP contribution in [0.5, 0.6) is 0 Å². The maximum absolute atomic E-state index is 12.9. The Kier molecular flexibility index (Phi) is 5.60. The van der Waals surface area contributed by atoms with Crippen LogP contribution < -0.4 is 5.32 Å². The normalized spacial score (nSPS) is 11.7. The summed E-state index contributed by atoms with van der Waals surface area (Å²) in [5, 5.41) is 7.60. The number of nitrogens with zero attached hydrogens (tertiary/aromatic N) is 4. The molecule has 4 aromatic rings. The zero-order valence-corrected chi connectivity index (χ0v) is 17.8. The molecule has 0 radical (unpaired) electrons. The lowest BCUT2D eigenvalue weighted by Gasteiger charge is -2.12. The first kappa shape index (κ1) is 21.8. The topological polar surface area (TPSA) is 72.2 Å². The third-order valence-electron chi connectivity index (χ3n) is 4.96. The predicted octanol–water partition coefficient (Wildman–Crippen LogP) is 5.26. The van der Waals surface area contributed by atoms with Crippen molar-refractivity contribution in [2.75, 3.05) is 5.32 Å². The fourth-order valence-electron chi connectivity index (χ4n) is 3.32. The van der Waals surface area contributed by atoms with E-state index in [1.807, 2.05) is 0 Å². The molecule has 0 atom stereocenters. The van der Waals surface area contributed by atoms with E-state index in [4.69, 9.17) is 11.6 Å². The molecule has 32 heavy (non-hydrogen) atoms. The van der Waals surface area contributed by atoms with Crippen LogP contribution in [0.3, 0.4) is 0 Å². The molecule has 2 aromatic carbocycles. The minimum absolute atomic E-state index is 0.0694. The number of hydrogen-bond acceptors (Lipinski definition) is 4. The Bertz CT molecular complexity index is 1320. The number of amides is 1. The Morgan fingerprint density at radius 3 is 2.50 bits per heavy atom. The van der Waals surface area contributed by atoms with Gasteiger partial charge in [-0.15, -0.1) is 5.10 Å². The van der Waals surface area contributed by atoms with Gasteiger partial charge in [-0.1, -0.05) is 17.7 Å². The molecule has 0 saturated carbocycles. The Morgan fingerprint density at radius 2 is 1.81 bits per heavy atom. The van der Waals surface area contributed by atoms with Gasteiger partial charge < -0.3 is 5.32 Å². The van der Waals surface area contributed by atoms with Crippen molar-refractivity contribution in [2.24, 2.45) is 0 Å². The van der Waals surface area contributed by atoms with Crippen LogP contribution in [0.25, 0.3) is 17.2 Å². The summed E-state index contributed by atoms with van der Waals surface area (Å²) in [7, 11) is 0. The van der Waals surface area contributed by atoms with E-state index in [1.54, 1.807) is 42.6 Å². The SMILES string of the molecule is Cc1nc2nc(-c3ccc(Cl)cc3)nn2c(C)c1CC(=O)Nc1cccc(C(F)(F)F)c1. The zero-order chi connectivity index (χ0) is 23.0. The highest BCUT2D eigenvalue weighted by Gasteiger charge is 2.30. The summed E-state index contributed by atoms with van der Waals surface area (Å²) in [6.07, 6.45) is -4.56. The summed E-state index contributed by atoms with van der Waals surface area (Å²) < 4.78 is 40.3. The highest BCUT2D eigenvalue weighted by molar-refractivity contribution is 6.30. The van der Waals surface area contributed by atoms with Crippen molar-refractivity contribution < 1.29 is 18.0 Å². The number of rotatable bonds is 4. The van der Waals surface area contributed by atoms with E-state index in [9.17, 15) is 18.0 Å². The van der Waals surface area contributed by atoms with E-state index in [1.165, 1.54) is 12.1 Å². The number of alkyl halides is 3. The summed E-state index contributed by atoms with van der Waals surface area (Å²) in [6.45, 7) is 3.53. The van der Waals surface area contributed by atoms with Gasteiger partial charge in [0.2, 0.25) is 5.91 Å². The Morgan fingerprint density at radius 1 is 1.09 bits per heavy atom. The molecule has 0 unspecified atom stereocenters. The third-order valence-corrected chi connectivity index (χ3v) is 5.21. The molecule has 2 heterocycles. The van der Waals surface area contributed by atoms with Crippen molar-refractivity contribution in [3.05, 3.63) is 76.1 Å². The number of aromatic nitrogens is 4. The van der Waals surface area contributed by atoms with Gasteiger partial charge in [-0.25, -0.2) is 9.50 Å². The third kappa shape index (κ3) is 4.43. The first-order valence-electron chi connectivity index (χ1n) is 9.58. The largest absolute Gasteiger partial charge is 0.416 e. The van der Waals surface area contributed by atoms with Crippen LogP contribution in [0.15, 0.2) is 48.5 Å². The second-order valence-electron chi connectivity index (χ2n) is 7.22. The molecule has 10 heteroatoms. The number of fused-ring (bicyclic) bond motifs is 1. The van der Waals surface area contributed by atoms with E-state index in [-0.39, 0.29) is 12.1 Å². The molecule has 0 bridgehead atoms. The molecule has 6 nitrogen and oxygen atoms in total. The van der Waals surface area contributed by atoms with Gasteiger partial charge in [-0.3, -0.25) is 4.79 Å². The number of carbonyl (C=O) groups is 1. The van der Waals surface area contributed by atoms with Gasteiger partial charge in [0.25, 0.3) is 5.78 Å². The number of anilines is 1. The molecule has 1 amide bonds. The number of carbonyl (C=O) groups excluding carboxylic acids is 1. The number of hydrogen-bond donors (Lipinski definition) is 1. The summed E-state index contributed by atoms with van der Waals surface area (Å²) in [5.74, 6) is 0.379. The van der Waals surface area contributed by atoms with Crippen LogP contribution in [-0.4, -0.2) is 25.5 Å². The van der Waals surface area contributed by atoms with Crippen molar-refractivity contribution in [3.63, 3.8) is 0 Å². The number of nitrogens with one attached hydrogen (secondary N) is 1. The van der Waals surface area contributed by atoms with Gasteiger partial charge in [0, 0.05) is 33.2 Å². The Balaban J connectivity index is 1.60. The molecule has 4 rings (SSSR count). The molecule has 0 aliphatic carbocycles. The van der Waals surface area contributed by atoms with Crippen molar-refractivity contribution in [3.8, 4) is 11.4 Å². The van der Waals surface area contributed by atoms with Crippen molar-refractivity contribution in [1.29, 1.82) is 0 Å². The Hall–Kier alpha value is -3.46. The molecule has 0 spiro atoms. The first-order valence-corrected chi connectivity index (χ1v) is 9.95. The minimum atomic E-state index is -4.49. The second-order valence-corrected chi connectivity index (χ2v) is 7.66. The average Bonchev–Trinajstić information content (AvgIpc) is 3.15. The lowest BCUT2D eigenvalue weighted by molar-refractivity contribution is -0.137. The standard InChI is InChI=1S/C22H17ClF3N5O/c1-12-18(11-19(32)28-17-5-3-4-15(10-17)22(24,25)26)13(2)31-21(27-12)29-20(30-31)14-6-8-16(23)9-7-14/h3-10H,11H2,1-2H3,(H,28,32). The fraction of sp³-hybridized carbons (Fsp3) is 0.182. The minimum Gasteiger partial charge on any atom is -0.326 e. The molecular formula is C22H17ClF3N5O. The smallest absolute Gasteiger partial charge is 0.326 e. The van der Waals surface area contributed by atoms with Crippen LogP contribution in [0.1, 0.15) is 22.5 Å². The molecular weight excluding hydrogens is 443 g/mol. The van der Waals surface area contributed by atoms with Crippen molar-refractivity contribution >= 4 is 29.0 Å². The lowest BCUT2D eigenvalue weighted by atomic mass is 10.1. The second kappa shape index (κ2) is 8.23. The number of benzene rings is 2. The van der Waals surface area contributed by atoms with Crippen LogP contribution >= 0.6 is 11.6 Å².